The molecule has 0 bridgehead atoms. The molecule has 2 saturated heterocycles. The zero-order valence-electron chi connectivity index (χ0n) is 12.0. The van der Waals surface area contributed by atoms with Crippen molar-refractivity contribution in [1.29, 1.82) is 0 Å². The van der Waals surface area contributed by atoms with Gasteiger partial charge < -0.3 is 55.1 Å². The highest BCUT2D eigenvalue weighted by Crippen LogP contribution is 2.24. The Labute approximate surface area is 130 Å². The molecule has 0 aromatic carbocycles. The first-order valence-electron chi connectivity index (χ1n) is 7.07. The van der Waals surface area contributed by atoms with E-state index in [-0.39, 0.29) is 0 Å². The summed E-state index contributed by atoms with van der Waals surface area (Å²) in [4.78, 5) is 0. The number of ether oxygens (including phenoxy) is 3. The fourth-order valence-electron chi connectivity index (χ4n) is 2.46. The van der Waals surface area contributed by atoms with Crippen molar-refractivity contribution in [2.45, 2.75) is 61.4 Å². The first-order chi connectivity index (χ1) is 10.8. The Morgan fingerprint density at radius 2 is 1.22 bits per heavy atom. The van der Waals surface area contributed by atoms with Crippen molar-refractivity contribution < 1.29 is 55.1 Å². The van der Waals surface area contributed by atoms with Gasteiger partial charge in [-0.05, 0) is 0 Å². The summed E-state index contributed by atoms with van der Waals surface area (Å²) in [6.45, 7) is -1.10. The van der Waals surface area contributed by atoms with Crippen LogP contribution in [-0.2, 0) is 14.2 Å². The highest BCUT2D eigenvalue weighted by atomic mass is 16.7. The lowest BCUT2D eigenvalue weighted by Crippen LogP contribution is -2.61. The maximum Gasteiger partial charge on any atom is 0.186 e. The Morgan fingerprint density at radius 1 is 0.652 bits per heavy atom. The lowest BCUT2D eigenvalue weighted by atomic mass is 9.98. The first kappa shape index (κ1) is 18.9. The van der Waals surface area contributed by atoms with Crippen LogP contribution < -0.4 is 0 Å². The molecule has 0 aliphatic carbocycles. The van der Waals surface area contributed by atoms with Crippen molar-refractivity contribution in [2.75, 3.05) is 13.2 Å². The first-order valence-corrected chi connectivity index (χ1v) is 7.07. The summed E-state index contributed by atoms with van der Waals surface area (Å²) in [5.41, 5.74) is 0. The summed E-state index contributed by atoms with van der Waals surface area (Å²) < 4.78 is 15.1. The highest BCUT2D eigenvalue weighted by Gasteiger charge is 2.46. The minimum absolute atomic E-state index is 0.468. The molecule has 10 atom stereocenters. The van der Waals surface area contributed by atoms with E-state index in [1.165, 1.54) is 0 Å². The maximum absolute atomic E-state index is 9.78. The van der Waals surface area contributed by atoms with Crippen LogP contribution >= 0.6 is 0 Å². The van der Waals surface area contributed by atoms with Crippen LogP contribution in [0.4, 0.5) is 0 Å². The third-order valence-corrected chi connectivity index (χ3v) is 3.96. The molecule has 11 nitrogen and oxygen atoms in total. The molecule has 8 N–H and O–H groups in total. The van der Waals surface area contributed by atoms with Gasteiger partial charge in [0, 0.05) is 0 Å². The van der Waals surface area contributed by atoms with E-state index in [1.807, 2.05) is 0 Å². The Kier molecular flexibility index (Phi) is 6.27. The van der Waals surface area contributed by atoms with E-state index in [9.17, 15) is 35.7 Å². The van der Waals surface area contributed by atoms with Gasteiger partial charge in [0.25, 0.3) is 0 Å². The SMILES string of the molecule is OC[C@H]1O[C@H](OC[C@H]2OC(O)[C@@H](O)[C@@H](O)[C@@H]2O)[C@H](O)[C@@H](O)[C@@H]1O. The summed E-state index contributed by atoms with van der Waals surface area (Å²) in [5, 5.41) is 76.1. The average Bonchev–Trinajstić information content (AvgIpc) is 2.54. The summed E-state index contributed by atoms with van der Waals surface area (Å²) >= 11 is 0. The Hall–Kier alpha value is -0.440. The van der Waals surface area contributed by atoms with E-state index in [2.05, 4.69) is 0 Å². The monoisotopic (exact) mass is 342 g/mol. The van der Waals surface area contributed by atoms with Crippen LogP contribution in [0, 0.1) is 0 Å². The van der Waals surface area contributed by atoms with Crippen LogP contribution in [0.15, 0.2) is 0 Å². The molecule has 0 aromatic rings. The number of hydrogen-bond acceptors (Lipinski definition) is 11. The van der Waals surface area contributed by atoms with Crippen molar-refractivity contribution in [3.05, 3.63) is 0 Å². The van der Waals surface area contributed by atoms with Crippen LogP contribution in [0.25, 0.3) is 0 Å². The molecule has 2 heterocycles. The van der Waals surface area contributed by atoms with Crippen LogP contribution in [0.5, 0.6) is 0 Å². The molecule has 0 saturated carbocycles. The van der Waals surface area contributed by atoms with Crippen molar-refractivity contribution in [1.82, 2.24) is 0 Å². The largest absolute Gasteiger partial charge is 0.394 e. The Morgan fingerprint density at radius 3 is 1.83 bits per heavy atom. The zero-order chi connectivity index (χ0) is 17.3. The van der Waals surface area contributed by atoms with Gasteiger partial charge in [-0.2, -0.15) is 0 Å². The fourth-order valence-corrected chi connectivity index (χ4v) is 2.46. The molecule has 1 unspecified atom stereocenters. The van der Waals surface area contributed by atoms with Gasteiger partial charge in [-0.1, -0.05) is 0 Å². The lowest BCUT2D eigenvalue weighted by molar-refractivity contribution is -0.325. The molecule has 136 valence electrons. The van der Waals surface area contributed by atoms with Crippen LogP contribution in [0.2, 0.25) is 0 Å². The van der Waals surface area contributed by atoms with Crippen molar-refractivity contribution in [2.24, 2.45) is 0 Å². The van der Waals surface area contributed by atoms with Gasteiger partial charge in [0.2, 0.25) is 0 Å². The molecule has 2 fully saturated rings. The van der Waals surface area contributed by atoms with Crippen LogP contribution in [0.1, 0.15) is 0 Å². The fraction of sp³-hybridized carbons (Fsp3) is 1.00. The van der Waals surface area contributed by atoms with Crippen molar-refractivity contribution >= 4 is 0 Å². The molecule has 0 spiro atoms. The van der Waals surface area contributed by atoms with Gasteiger partial charge in [-0.15, -0.1) is 0 Å². The quantitative estimate of drug-likeness (QED) is 0.243. The van der Waals surface area contributed by atoms with Gasteiger partial charge in [0.1, 0.15) is 48.8 Å². The number of aliphatic hydroxyl groups excluding tert-OH is 8. The number of rotatable bonds is 4. The predicted molar refractivity (Wildman–Crippen MR) is 68.6 cm³/mol. The van der Waals surface area contributed by atoms with E-state index in [4.69, 9.17) is 19.3 Å². The molecule has 0 aromatic heterocycles. The zero-order valence-corrected chi connectivity index (χ0v) is 12.0. The van der Waals surface area contributed by atoms with Gasteiger partial charge >= 0.3 is 0 Å². The maximum atomic E-state index is 9.78. The van der Waals surface area contributed by atoms with E-state index in [1.54, 1.807) is 0 Å². The molecule has 23 heavy (non-hydrogen) atoms. The second-order valence-electron chi connectivity index (χ2n) is 5.57. The molecule has 11 heteroatoms. The summed E-state index contributed by atoms with van der Waals surface area (Å²) in [5.74, 6) is 0. The topological polar surface area (TPSA) is 190 Å². The van der Waals surface area contributed by atoms with Gasteiger partial charge in [-0.25, -0.2) is 0 Å². The number of hydrogen-bond donors (Lipinski definition) is 8. The minimum Gasteiger partial charge on any atom is -0.394 e. The molecular weight excluding hydrogens is 320 g/mol. The van der Waals surface area contributed by atoms with Gasteiger partial charge in [0.15, 0.2) is 12.6 Å². The summed E-state index contributed by atoms with van der Waals surface area (Å²) in [7, 11) is 0. The van der Waals surface area contributed by atoms with E-state index >= 15 is 0 Å². The highest BCUT2D eigenvalue weighted by molar-refractivity contribution is 4.91. The molecule has 0 amide bonds. The van der Waals surface area contributed by atoms with Crippen molar-refractivity contribution in [3.63, 3.8) is 0 Å². The smallest absolute Gasteiger partial charge is 0.186 e. The van der Waals surface area contributed by atoms with Gasteiger partial charge in [-0.3, -0.25) is 0 Å². The summed E-state index contributed by atoms with van der Waals surface area (Å²) in [6, 6.07) is 0. The molecular formula is C12H22O11. The van der Waals surface area contributed by atoms with Crippen molar-refractivity contribution in [3.8, 4) is 0 Å². The van der Waals surface area contributed by atoms with E-state index < -0.39 is 74.6 Å². The van der Waals surface area contributed by atoms with E-state index in [0.717, 1.165) is 0 Å². The Balaban J connectivity index is 1.94. The molecule has 2 rings (SSSR count). The predicted octanol–water partition coefficient (Wildman–Crippen LogP) is -5.40. The Bertz CT molecular complexity index is 380. The van der Waals surface area contributed by atoms with Crippen LogP contribution in [-0.4, -0.2) is 115 Å². The van der Waals surface area contributed by atoms with Gasteiger partial charge in [0.05, 0.1) is 13.2 Å². The molecule has 0 radical (unpaired) electrons. The van der Waals surface area contributed by atoms with E-state index in [0.29, 0.717) is 0 Å². The second kappa shape index (κ2) is 7.63. The standard InChI is InChI=1S/C12H22O11/c13-1-3-5(14)8(17)10(19)12(23-3)21-2-4-6(15)7(16)9(18)11(20)22-4/h3-20H,1-2H2/t3-,4-,5-,6-,7+,8+,9+,10-,11?,12+/m1/s1. The second-order valence-corrected chi connectivity index (χ2v) is 5.57. The third-order valence-electron chi connectivity index (χ3n) is 3.96. The average molecular weight is 342 g/mol. The lowest BCUT2D eigenvalue weighted by Gasteiger charge is -2.41. The third kappa shape index (κ3) is 3.81. The van der Waals surface area contributed by atoms with Crippen LogP contribution in [0.3, 0.4) is 0 Å². The number of aliphatic hydroxyl groups is 8. The molecule has 2 aliphatic heterocycles. The normalized spacial score (nSPS) is 51.7. The molecule has 2 aliphatic rings. The summed E-state index contributed by atoms with van der Waals surface area (Å²) in [6.07, 6.45) is -15.3. The minimum atomic E-state index is -1.74.